The lowest BCUT2D eigenvalue weighted by Crippen LogP contribution is -2.51. The molecule has 32 heavy (non-hydrogen) atoms. The predicted octanol–water partition coefficient (Wildman–Crippen LogP) is 2.17. The summed E-state index contributed by atoms with van der Waals surface area (Å²) in [6.07, 6.45) is -0.177. The zero-order valence-corrected chi connectivity index (χ0v) is 17.0. The van der Waals surface area contributed by atoms with Gasteiger partial charge >= 0.3 is 23.9 Å². The quantitative estimate of drug-likeness (QED) is 0.385. The summed E-state index contributed by atoms with van der Waals surface area (Å²) in [5.41, 5.74) is -0.542. The summed E-state index contributed by atoms with van der Waals surface area (Å²) in [5, 5.41) is 0. The van der Waals surface area contributed by atoms with Gasteiger partial charge in [-0.1, -0.05) is 36.4 Å². The van der Waals surface area contributed by atoms with Crippen LogP contribution in [-0.4, -0.2) is 48.8 Å². The fourth-order valence-electron chi connectivity index (χ4n) is 4.96. The first kappa shape index (κ1) is 20.4. The van der Waals surface area contributed by atoms with Crippen molar-refractivity contribution in [3.05, 3.63) is 71.8 Å². The zero-order chi connectivity index (χ0) is 22.3. The Hall–Kier alpha value is -3.52. The van der Waals surface area contributed by atoms with E-state index in [2.05, 4.69) is 0 Å². The lowest BCUT2D eigenvalue weighted by Gasteiger charge is -2.35. The summed E-state index contributed by atoms with van der Waals surface area (Å²) in [4.78, 5) is 49.6. The SMILES string of the molecule is O=C(OCC1CC2OC1(COC(=O)c1ccccc1)C1C(=O)OC(=O)C21)c1ccccc1. The molecule has 5 rings (SSSR count). The summed E-state index contributed by atoms with van der Waals surface area (Å²) in [6, 6.07) is 16.9. The van der Waals surface area contributed by atoms with E-state index in [9.17, 15) is 19.2 Å². The van der Waals surface area contributed by atoms with E-state index < -0.39 is 53.3 Å². The third kappa shape index (κ3) is 3.27. The van der Waals surface area contributed by atoms with E-state index in [1.807, 2.05) is 0 Å². The van der Waals surface area contributed by atoms with Crippen molar-refractivity contribution in [3.63, 3.8) is 0 Å². The molecule has 2 aromatic rings. The monoisotopic (exact) mass is 436 g/mol. The molecule has 2 aromatic carbocycles. The van der Waals surface area contributed by atoms with Gasteiger partial charge in [-0.2, -0.15) is 0 Å². The van der Waals surface area contributed by atoms with E-state index in [0.29, 0.717) is 17.5 Å². The summed E-state index contributed by atoms with van der Waals surface area (Å²) < 4.78 is 22.0. The third-order valence-corrected chi connectivity index (χ3v) is 6.46. The molecular weight excluding hydrogens is 416 g/mol. The number of hydrogen-bond acceptors (Lipinski definition) is 8. The Balaban J connectivity index is 1.36. The van der Waals surface area contributed by atoms with Crippen LogP contribution in [-0.2, 0) is 28.5 Å². The minimum Gasteiger partial charge on any atom is -0.462 e. The number of cyclic esters (lactones) is 2. The molecule has 3 aliphatic rings. The van der Waals surface area contributed by atoms with Crippen LogP contribution in [0, 0.1) is 17.8 Å². The van der Waals surface area contributed by atoms with Crippen molar-refractivity contribution in [1.82, 2.24) is 0 Å². The van der Waals surface area contributed by atoms with Gasteiger partial charge in [-0.3, -0.25) is 9.59 Å². The van der Waals surface area contributed by atoms with Gasteiger partial charge in [0.25, 0.3) is 0 Å². The van der Waals surface area contributed by atoms with Crippen LogP contribution in [0.25, 0.3) is 0 Å². The molecule has 5 unspecified atom stereocenters. The highest BCUT2D eigenvalue weighted by Crippen LogP contribution is 2.57. The van der Waals surface area contributed by atoms with E-state index in [-0.39, 0.29) is 13.2 Å². The summed E-state index contributed by atoms with van der Waals surface area (Å²) in [7, 11) is 0. The maximum Gasteiger partial charge on any atom is 0.338 e. The number of carbonyl (C=O) groups is 4. The van der Waals surface area contributed by atoms with Crippen molar-refractivity contribution in [2.45, 2.75) is 18.1 Å². The molecule has 3 fully saturated rings. The van der Waals surface area contributed by atoms with E-state index >= 15 is 0 Å². The normalized spacial score (nSPS) is 30.0. The van der Waals surface area contributed by atoms with Gasteiger partial charge in [0.05, 0.1) is 29.8 Å². The van der Waals surface area contributed by atoms with Crippen LogP contribution in [0.2, 0.25) is 0 Å². The van der Waals surface area contributed by atoms with Crippen LogP contribution in [0.15, 0.2) is 60.7 Å². The Labute approximate surface area is 183 Å². The number of ether oxygens (including phenoxy) is 4. The first-order valence-electron chi connectivity index (χ1n) is 10.4. The average Bonchev–Trinajstić information content (AvgIpc) is 3.45. The van der Waals surface area contributed by atoms with Crippen molar-refractivity contribution in [2.24, 2.45) is 17.8 Å². The average molecular weight is 436 g/mol. The number of fused-ring (bicyclic) bond motifs is 5. The molecule has 0 aliphatic carbocycles. The highest BCUT2D eigenvalue weighted by molar-refractivity contribution is 5.98. The van der Waals surface area contributed by atoms with Crippen molar-refractivity contribution < 1.29 is 38.1 Å². The Morgan fingerprint density at radius 2 is 1.47 bits per heavy atom. The summed E-state index contributed by atoms with van der Waals surface area (Å²) in [5.74, 6) is -4.49. The summed E-state index contributed by atoms with van der Waals surface area (Å²) >= 11 is 0. The first-order valence-corrected chi connectivity index (χ1v) is 10.4. The van der Waals surface area contributed by atoms with Crippen molar-refractivity contribution in [3.8, 4) is 0 Å². The van der Waals surface area contributed by atoms with Gasteiger partial charge in [0.2, 0.25) is 0 Å². The van der Waals surface area contributed by atoms with Crippen LogP contribution in [0.3, 0.4) is 0 Å². The predicted molar refractivity (Wildman–Crippen MR) is 107 cm³/mol. The van der Waals surface area contributed by atoms with Crippen LogP contribution in [0.4, 0.5) is 0 Å². The van der Waals surface area contributed by atoms with Gasteiger partial charge < -0.3 is 18.9 Å². The van der Waals surface area contributed by atoms with Crippen molar-refractivity contribution in [2.75, 3.05) is 13.2 Å². The Kier molecular flexibility index (Phi) is 5.01. The zero-order valence-electron chi connectivity index (χ0n) is 17.0. The number of carbonyl (C=O) groups excluding carboxylic acids is 4. The second-order valence-electron chi connectivity index (χ2n) is 8.19. The van der Waals surface area contributed by atoms with Gasteiger partial charge in [0, 0.05) is 5.92 Å². The molecule has 0 aromatic heterocycles. The number of esters is 4. The molecule has 0 amide bonds. The lowest BCUT2D eigenvalue weighted by atomic mass is 9.67. The molecule has 0 spiro atoms. The smallest absolute Gasteiger partial charge is 0.338 e. The van der Waals surface area contributed by atoms with Crippen LogP contribution < -0.4 is 0 Å². The standard InChI is InChI=1S/C24H20O8/c25-20(14-7-3-1-4-8-14)29-12-16-11-17-18-19(23(28)31-22(18)27)24(16,32-17)13-30-21(26)15-9-5-2-6-10-15/h1-10,16-19H,11-13H2. The van der Waals surface area contributed by atoms with Crippen LogP contribution in [0.5, 0.6) is 0 Å². The molecule has 3 saturated heterocycles. The Morgan fingerprint density at radius 1 is 0.875 bits per heavy atom. The number of benzene rings is 2. The van der Waals surface area contributed by atoms with E-state index in [0.717, 1.165) is 0 Å². The molecule has 0 radical (unpaired) electrons. The van der Waals surface area contributed by atoms with E-state index in [1.54, 1.807) is 60.7 Å². The Morgan fingerprint density at radius 3 is 2.09 bits per heavy atom. The minimum absolute atomic E-state index is 0.0438. The van der Waals surface area contributed by atoms with Gasteiger partial charge in [0.1, 0.15) is 18.1 Å². The minimum atomic E-state index is -1.29. The van der Waals surface area contributed by atoms with Crippen molar-refractivity contribution >= 4 is 23.9 Å². The van der Waals surface area contributed by atoms with E-state index in [1.165, 1.54) is 0 Å². The fourth-order valence-corrected chi connectivity index (χ4v) is 4.96. The molecule has 164 valence electrons. The molecule has 5 atom stereocenters. The van der Waals surface area contributed by atoms with Gasteiger partial charge in [-0.05, 0) is 30.7 Å². The molecule has 0 saturated carbocycles. The number of rotatable bonds is 6. The maximum atomic E-state index is 12.5. The van der Waals surface area contributed by atoms with Gasteiger partial charge in [-0.25, -0.2) is 9.59 Å². The first-order chi connectivity index (χ1) is 15.5. The second-order valence-corrected chi connectivity index (χ2v) is 8.19. The van der Waals surface area contributed by atoms with Crippen molar-refractivity contribution in [1.29, 1.82) is 0 Å². The lowest BCUT2D eigenvalue weighted by molar-refractivity contribution is -0.162. The number of hydrogen-bond donors (Lipinski definition) is 0. The van der Waals surface area contributed by atoms with Gasteiger partial charge in [-0.15, -0.1) is 0 Å². The molecule has 3 aliphatic heterocycles. The highest BCUT2D eigenvalue weighted by Gasteiger charge is 2.73. The molecule has 8 nitrogen and oxygen atoms in total. The molecule has 8 heteroatoms. The van der Waals surface area contributed by atoms with E-state index in [4.69, 9.17) is 18.9 Å². The van der Waals surface area contributed by atoms with Gasteiger partial charge in [0.15, 0.2) is 0 Å². The maximum absolute atomic E-state index is 12.5. The Bertz CT molecular complexity index is 1070. The molecular formula is C24H20O8. The molecule has 2 bridgehead atoms. The molecule has 3 heterocycles. The fraction of sp³-hybridized carbons (Fsp3) is 0.333. The topological polar surface area (TPSA) is 105 Å². The molecule has 0 N–H and O–H groups in total. The highest BCUT2D eigenvalue weighted by atomic mass is 16.6. The van der Waals surface area contributed by atoms with Crippen LogP contribution >= 0.6 is 0 Å². The van der Waals surface area contributed by atoms with Crippen LogP contribution in [0.1, 0.15) is 27.1 Å². The third-order valence-electron chi connectivity index (χ3n) is 6.46. The second kappa shape index (κ2) is 7.87. The largest absolute Gasteiger partial charge is 0.462 e. The summed E-state index contributed by atoms with van der Waals surface area (Å²) in [6.45, 7) is -0.299.